The van der Waals surface area contributed by atoms with E-state index in [1.807, 2.05) is 14.2 Å². The van der Waals surface area contributed by atoms with E-state index in [1.54, 1.807) is 0 Å². The molecule has 0 aromatic carbocycles. The number of alkyl halides is 23. The summed E-state index contributed by atoms with van der Waals surface area (Å²) in [6.07, 6.45) is -69.0. The molecule has 0 bridgehead atoms. The van der Waals surface area contributed by atoms with Crippen molar-refractivity contribution in [3.05, 3.63) is 38.0 Å². The third-order valence-electron chi connectivity index (χ3n) is 5.83. The van der Waals surface area contributed by atoms with Crippen LogP contribution in [0.25, 0.3) is 0 Å². The molecule has 0 heterocycles. The first-order valence-corrected chi connectivity index (χ1v) is 13.0. The van der Waals surface area contributed by atoms with E-state index in [1.165, 1.54) is 4.74 Å². The number of carbonyl (C=O) groups excluding carboxylic acids is 3. The van der Waals surface area contributed by atoms with E-state index in [0.29, 0.717) is 0 Å². The highest BCUT2D eigenvalue weighted by Crippen LogP contribution is 2.69. The van der Waals surface area contributed by atoms with Gasteiger partial charge in [0.05, 0.1) is 0 Å². The highest BCUT2D eigenvalue weighted by molar-refractivity contribution is 5.81. The molecule has 0 N–H and O–H groups in total. The van der Waals surface area contributed by atoms with Gasteiger partial charge in [-0.3, -0.25) is 14.2 Å². The molecule has 57 heavy (non-hydrogen) atoms. The third kappa shape index (κ3) is 11.3. The second-order valence-electron chi connectivity index (χ2n) is 9.79. The first-order chi connectivity index (χ1) is 24.9. The second-order valence-corrected chi connectivity index (χ2v) is 9.79. The topological polar surface area (TPSA) is 116 Å². The smallest absolute Gasteiger partial charge is 0.456 e. The van der Waals surface area contributed by atoms with Crippen LogP contribution in [0, 0.1) is 5.41 Å². The Morgan fingerprint density at radius 1 is 0.368 bits per heavy atom. The molecule has 332 valence electrons. The Hall–Kier alpha value is -4.14. The Morgan fingerprint density at radius 3 is 0.719 bits per heavy atom. The van der Waals surface area contributed by atoms with Crippen molar-refractivity contribution in [1.29, 1.82) is 0 Å². The van der Waals surface area contributed by atoms with Gasteiger partial charge in [-0.25, -0.2) is 19.1 Å². The van der Waals surface area contributed by atoms with Crippen molar-refractivity contribution in [3.63, 3.8) is 0 Å². The molecular weight excluding hydrogens is 885 g/mol. The van der Waals surface area contributed by atoms with Crippen LogP contribution in [0.5, 0.6) is 0 Å². The summed E-state index contributed by atoms with van der Waals surface area (Å²) in [5.74, 6) is -29.4. The summed E-state index contributed by atoms with van der Waals surface area (Å²) >= 11 is 0. The SMILES string of the molecule is C=CC(=O)OCC(F)(OC(F)(F)C(C(F)(F)OC(F)(F)F)(C(F)(F)OC(F)(COC(=O)C=C)C(F)(F)F)C(F)(F)OC(F)(COC(=O)C=C)C(F)(F)F)C(F)(F)F. The van der Waals surface area contributed by atoms with Gasteiger partial charge in [0.15, 0.2) is 19.8 Å². The highest BCUT2D eigenvalue weighted by Gasteiger charge is 2.98. The lowest BCUT2D eigenvalue weighted by Crippen LogP contribution is -2.78. The quantitative estimate of drug-likeness (QED) is 0.0519. The van der Waals surface area contributed by atoms with E-state index in [0.717, 1.165) is 0 Å². The van der Waals surface area contributed by atoms with Crippen molar-refractivity contribution in [2.75, 3.05) is 19.8 Å². The second kappa shape index (κ2) is 16.6. The monoisotopic (exact) mass is 900 g/mol. The van der Waals surface area contributed by atoms with Gasteiger partial charge in [0.25, 0.3) is 0 Å². The van der Waals surface area contributed by atoms with Crippen molar-refractivity contribution < 1.29 is 149 Å². The predicted octanol–water partition coefficient (Wildman–Crippen LogP) is 7.80. The molecule has 3 atom stereocenters. The summed E-state index contributed by atoms with van der Waals surface area (Å²) in [5, 5.41) is 0. The standard InChI is InChI=1S/C24H15F23O10/c1-4-10(48)51-7-13(25,17(28,29)30)54-20(37,38)16(23(43,44)57-24(45,46)47,21(39,40)55-14(26,18(31,32)33)8-52-11(49)5-2)22(41,42)56-15(27,19(34,35)36)9-53-12(50)6-3/h4-6H,1-3,7-9H2. The number of hydrogen-bond acceptors (Lipinski definition) is 10. The van der Waals surface area contributed by atoms with Gasteiger partial charge >= 0.3 is 90.2 Å². The summed E-state index contributed by atoms with van der Waals surface area (Å²) in [6.45, 7) is -4.34. The summed E-state index contributed by atoms with van der Waals surface area (Å²) < 4.78 is 348. The fourth-order valence-electron chi connectivity index (χ4n) is 3.25. The molecule has 0 aliphatic heterocycles. The van der Waals surface area contributed by atoms with Gasteiger partial charge in [0.2, 0.25) is 0 Å². The zero-order valence-corrected chi connectivity index (χ0v) is 26.3. The predicted molar refractivity (Wildman–Crippen MR) is 126 cm³/mol. The van der Waals surface area contributed by atoms with Crippen molar-refractivity contribution in [1.82, 2.24) is 0 Å². The van der Waals surface area contributed by atoms with Crippen molar-refractivity contribution in [3.8, 4) is 0 Å². The molecular formula is C24H15F23O10. The maximum atomic E-state index is 15.7. The van der Waals surface area contributed by atoms with Gasteiger partial charge in [-0.15, -0.1) is 13.2 Å². The zero-order chi connectivity index (χ0) is 45.9. The summed E-state index contributed by atoms with van der Waals surface area (Å²) in [5.41, 5.74) is -9.67. The Balaban J connectivity index is 9.06. The molecule has 0 fully saturated rings. The van der Waals surface area contributed by atoms with Gasteiger partial charge in [-0.05, 0) is 0 Å². The molecule has 10 nitrogen and oxygen atoms in total. The maximum absolute atomic E-state index is 15.7. The molecule has 0 aliphatic carbocycles. The van der Waals surface area contributed by atoms with E-state index in [-0.39, 0.29) is 18.2 Å². The average Bonchev–Trinajstić information content (AvgIpc) is 2.96. The van der Waals surface area contributed by atoms with Crippen LogP contribution in [0.1, 0.15) is 0 Å². The molecule has 3 unspecified atom stereocenters. The average molecular weight is 900 g/mol. The lowest BCUT2D eigenvalue weighted by Gasteiger charge is -2.51. The van der Waals surface area contributed by atoms with Crippen LogP contribution in [0.15, 0.2) is 38.0 Å². The van der Waals surface area contributed by atoms with E-state index >= 15 is 48.3 Å². The highest BCUT2D eigenvalue weighted by atomic mass is 19.4. The first-order valence-electron chi connectivity index (χ1n) is 13.0. The molecule has 33 heteroatoms. The minimum absolute atomic E-state index is 0.372. The van der Waals surface area contributed by atoms with Crippen LogP contribution >= 0.6 is 0 Å². The van der Waals surface area contributed by atoms with Crippen molar-refractivity contribution in [2.24, 2.45) is 5.41 Å². The number of ether oxygens (including phenoxy) is 7. The van der Waals surface area contributed by atoms with Gasteiger partial charge in [0.1, 0.15) is 0 Å². The fraction of sp³-hybridized carbons (Fsp3) is 0.625. The molecule has 0 aliphatic rings. The largest absolute Gasteiger partial charge is 0.527 e. The van der Waals surface area contributed by atoms with E-state index in [9.17, 15) is 67.1 Å². The number of halogens is 23. The van der Waals surface area contributed by atoms with E-state index in [2.05, 4.69) is 33.9 Å². The van der Waals surface area contributed by atoms with Crippen molar-refractivity contribution >= 4 is 17.9 Å². The number of carbonyl (C=O) groups is 3. The first kappa shape index (κ1) is 52.9. The number of hydrogen-bond donors (Lipinski definition) is 0. The molecule has 0 rings (SSSR count). The molecule has 0 saturated heterocycles. The van der Waals surface area contributed by atoms with Gasteiger partial charge in [-0.1, -0.05) is 19.7 Å². The zero-order valence-electron chi connectivity index (χ0n) is 26.3. The Bertz CT molecular complexity index is 1340. The molecule has 0 aromatic heterocycles. The van der Waals surface area contributed by atoms with Crippen LogP contribution in [0.4, 0.5) is 101 Å². The lowest BCUT2D eigenvalue weighted by molar-refractivity contribution is -0.618. The van der Waals surface area contributed by atoms with E-state index in [4.69, 9.17) is 0 Å². The Labute approximate surface area is 297 Å². The van der Waals surface area contributed by atoms with E-state index < -0.39 is 110 Å². The van der Waals surface area contributed by atoms with Crippen LogP contribution in [-0.2, 0) is 47.5 Å². The van der Waals surface area contributed by atoms with Crippen molar-refractivity contribution in [2.45, 2.75) is 66.9 Å². The molecule has 0 spiro atoms. The summed E-state index contributed by atoms with van der Waals surface area (Å²) in [4.78, 5) is 33.3. The number of rotatable bonds is 20. The summed E-state index contributed by atoms with van der Waals surface area (Å²) in [6, 6.07) is 0. The minimum atomic E-state index is -9.67. The van der Waals surface area contributed by atoms with Crippen LogP contribution in [-0.4, -0.2) is 105 Å². The van der Waals surface area contributed by atoms with Gasteiger partial charge in [0, 0.05) is 18.2 Å². The minimum Gasteiger partial charge on any atom is -0.456 e. The Morgan fingerprint density at radius 2 is 0.561 bits per heavy atom. The van der Waals surface area contributed by atoms with Crippen LogP contribution < -0.4 is 0 Å². The van der Waals surface area contributed by atoms with Gasteiger partial charge < -0.3 is 14.2 Å². The lowest BCUT2D eigenvalue weighted by atomic mass is 9.80. The molecule has 0 radical (unpaired) electrons. The molecule has 0 amide bonds. The van der Waals surface area contributed by atoms with Crippen LogP contribution in [0.2, 0.25) is 0 Å². The summed E-state index contributed by atoms with van der Waals surface area (Å²) in [7, 11) is 0. The normalized spacial score (nSPS) is 18.2. The molecule has 0 aromatic rings. The number of esters is 3. The Kier molecular flexibility index (Phi) is 15.4. The fourth-order valence-corrected chi connectivity index (χ4v) is 3.25. The maximum Gasteiger partial charge on any atom is 0.527 e. The van der Waals surface area contributed by atoms with Crippen LogP contribution in [0.3, 0.4) is 0 Å². The third-order valence-corrected chi connectivity index (χ3v) is 5.83. The van der Waals surface area contributed by atoms with Gasteiger partial charge in [-0.2, -0.15) is 87.8 Å². The molecule has 0 saturated carbocycles.